The molecular weight excluding hydrogens is 314 g/mol. The summed E-state index contributed by atoms with van der Waals surface area (Å²) in [6.07, 6.45) is 10.2. The van der Waals surface area contributed by atoms with Crippen molar-refractivity contribution in [1.82, 2.24) is 15.1 Å². The molecule has 0 saturated carbocycles. The van der Waals surface area contributed by atoms with Gasteiger partial charge in [-0.3, -0.25) is 14.5 Å². The van der Waals surface area contributed by atoms with Gasteiger partial charge in [-0.25, -0.2) is 0 Å². The molecule has 5 heteroatoms. The van der Waals surface area contributed by atoms with E-state index >= 15 is 0 Å². The summed E-state index contributed by atoms with van der Waals surface area (Å²) >= 11 is 0. The Kier molecular flexibility index (Phi) is 12.4. The van der Waals surface area contributed by atoms with Crippen molar-refractivity contribution in [2.75, 3.05) is 39.3 Å². The maximum absolute atomic E-state index is 12.2. The van der Waals surface area contributed by atoms with Gasteiger partial charge < -0.3 is 10.2 Å². The molecule has 1 aliphatic heterocycles. The molecule has 25 heavy (non-hydrogen) atoms. The van der Waals surface area contributed by atoms with E-state index < -0.39 is 0 Å². The molecule has 0 aromatic carbocycles. The van der Waals surface area contributed by atoms with Gasteiger partial charge in [0.15, 0.2) is 0 Å². The van der Waals surface area contributed by atoms with Gasteiger partial charge >= 0.3 is 0 Å². The average molecular weight is 354 g/mol. The predicted molar refractivity (Wildman–Crippen MR) is 104 cm³/mol. The Hall–Kier alpha value is -1.10. The zero-order valence-corrected chi connectivity index (χ0v) is 16.5. The molecule has 1 rings (SSSR count). The first-order chi connectivity index (χ1) is 12.2. The molecule has 0 unspecified atom stereocenters. The Balaban J connectivity index is 1.99. The molecule has 0 aromatic heterocycles. The first kappa shape index (κ1) is 21.9. The molecule has 2 amide bonds. The van der Waals surface area contributed by atoms with Crippen LogP contribution < -0.4 is 5.32 Å². The SMILES string of the molecule is CCCCCCCCNC(=O)CCCC(=O)N1CCN(CCC)CC1. The maximum Gasteiger partial charge on any atom is 0.222 e. The third-order valence-electron chi connectivity index (χ3n) is 4.91. The number of piperazine rings is 1. The molecule has 1 aliphatic rings. The maximum atomic E-state index is 12.2. The summed E-state index contributed by atoms with van der Waals surface area (Å²) in [4.78, 5) is 28.4. The quantitative estimate of drug-likeness (QED) is 0.517. The summed E-state index contributed by atoms with van der Waals surface area (Å²) in [7, 11) is 0. The average Bonchev–Trinajstić information content (AvgIpc) is 2.62. The Morgan fingerprint density at radius 3 is 2.16 bits per heavy atom. The van der Waals surface area contributed by atoms with Crippen LogP contribution in [-0.2, 0) is 9.59 Å². The van der Waals surface area contributed by atoms with E-state index in [1.54, 1.807) is 0 Å². The minimum Gasteiger partial charge on any atom is -0.356 e. The summed E-state index contributed by atoms with van der Waals surface area (Å²) in [6, 6.07) is 0. The Morgan fingerprint density at radius 2 is 1.48 bits per heavy atom. The van der Waals surface area contributed by atoms with Gasteiger partial charge in [0.2, 0.25) is 11.8 Å². The standard InChI is InChI=1S/C20H39N3O2/c1-3-5-6-7-8-9-13-21-19(24)11-10-12-20(25)23-17-15-22(14-4-2)16-18-23/h3-18H2,1-2H3,(H,21,24). The van der Waals surface area contributed by atoms with Crippen molar-refractivity contribution in [3.8, 4) is 0 Å². The van der Waals surface area contributed by atoms with E-state index in [1.807, 2.05) is 4.90 Å². The molecule has 1 heterocycles. The Morgan fingerprint density at radius 1 is 0.800 bits per heavy atom. The van der Waals surface area contributed by atoms with Crippen LogP contribution in [0.25, 0.3) is 0 Å². The number of carbonyl (C=O) groups excluding carboxylic acids is 2. The number of hydrogen-bond donors (Lipinski definition) is 1. The first-order valence-electron chi connectivity index (χ1n) is 10.4. The topological polar surface area (TPSA) is 52.7 Å². The van der Waals surface area contributed by atoms with Crippen molar-refractivity contribution < 1.29 is 9.59 Å². The molecule has 0 radical (unpaired) electrons. The highest BCUT2D eigenvalue weighted by molar-refractivity contribution is 5.79. The molecule has 0 bridgehead atoms. The van der Waals surface area contributed by atoms with Crippen LogP contribution in [0.3, 0.4) is 0 Å². The number of hydrogen-bond acceptors (Lipinski definition) is 3. The fraction of sp³-hybridized carbons (Fsp3) is 0.900. The number of nitrogens with zero attached hydrogens (tertiary/aromatic N) is 2. The highest BCUT2D eigenvalue weighted by Gasteiger charge is 2.20. The molecule has 5 nitrogen and oxygen atoms in total. The fourth-order valence-corrected chi connectivity index (χ4v) is 3.32. The third kappa shape index (κ3) is 10.5. The van der Waals surface area contributed by atoms with E-state index in [2.05, 4.69) is 24.1 Å². The van der Waals surface area contributed by atoms with Gasteiger partial charge in [-0.05, 0) is 25.8 Å². The van der Waals surface area contributed by atoms with Crippen LogP contribution >= 0.6 is 0 Å². The van der Waals surface area contributed by atoms with Crippen molar-refractivity contribution in [3.05, 3.63) is 0 Å². The summed E-state index contributed by atoms with van der Waals surface area (Å²) in [5, 5.41) is 2.98. The first-order valence-corrected chi connectivity index (χ1v) is 10.4. The summed E-state index contributed by atoms with van der Waals surface area (Å²) < 4.78 is 0. The van der Waals surface area contributed by atoms with Gasteiger partial charge in [0.1, 0.15) is 0 Å². The van der Waals surface area contributed by atoms with Crippen LogP contribution in [0, 0.1) is 0 Å². The molecule has 1 N–H and O–H groups in total. The van der Waals surface area contributed by atoms with Gasteiger partial charge in [-0.2, -0.15) is 0 Å². The zero-order chi connectivity index (χ0) is 18.3. The van der Waals surface area contributed by atoms with Crippen LogP contribution in [0.1, 0.15) is 78.1 Å². The van der Waals surface area contributed by atoms with Crippen molar-refractivity contribution >= 4 is 11.8 Å². The molecule has 1 saturated heterocycles. The minimum atomic E-state index is 0.0918. The second-order valence-corrected chi connectivity index (χ2v) is 7.19. The summed E-state index contributed by atoms with van der Waals surface area (Å²) in [5.74, 6) is 0.300. The highest BCUT2D eigenvalue weighted by atomic mass is 16.2. The number of nitrogens with one attached hydrogen (secondary N) is 1. The Labute approximate surface area is 154 Å². The Bertz CT molecular complexity index is 366. The smallest absolute Gasteiger partial charge is 0.222 e. The lowest BCUT2D eigenvalue weighted by atomic mass is 10.1. The van der Waals surface area contributed by atoms with Crippen molar-refractivity contribution in [2.24, 2.45) is 0 Å². The van der Waals surface area contributed by atoms with Gasteiger partial charge in [-0.1, -0.05) is 46.0 Å². The third-order valence-corrected chi connectivity index (χ3v) is 4.91. The number of unbranched alkanes of at least 4 members (excludes halogenated alkanes) is 5. The second-order valence-electron chi connectivity index (χ2n) is 7.19. The fourth-order valence-electron chi connectivity index (χ4n) is 3.32. The van der Waals surface area contributed by atoms with Crippen molar-refractivity contribution in [2.45, 2.75) is 78.1 Å². The van der Waals surface area contributed by atoms with E-state index in [1.165, 1.54) is 38.5 Å². The van der Waals surface area contributed by atoms with Crippen LogP contribution in [0.2, 0.25) is 0 Å². The van der Waals surface area contributed by atoms with E-state index in [9.17, 15) is 9.59 Å². The van der Waals surface area contributed by atoms with Gasteiger partial charge in [-0.15, -0.1) is 0 Å². The normalized spacial score (nSPS) is 15.4. The summed E-state index contributed by atoms with van der Waals surface area (Å²) in [5.41, 5.74) is 0. The monoisotopic (exact) mass is 353 g/mol. The lowest BCUT2D eigenvalue weighted by Crippen LogP contribution is -2.48. The van der Waals surface area contributed by atoms with Crippen molar-refractivity contribution in [3.63, 3.8) is 0 Å². The molecule has 0 aliphatic carbocycles. The second kappa shape index (κ2) is 14.1. The molecule has 0 aromatic rings. The number of carbonyl (C=O) groups is 2. The zero-order valence-electron chi connectivity index (χ0n) is 16.5. The van der Waals surface area contributed by atoms with Crippen LogP contribution in [0.4, 0.5) is 0 Å². The molecule has 0 atom stereocenters. The highest BCUT2D eigenvalue weighted by Crippen LogP contribution is 2.07. The summed E-state index contributed by atoms with van der Waals surface area (Å²) in [6.45, 7) is 9.95. The molecular formula is C20H39N3O2. The van der Waals surface area contributed by atoms with Gasteiger partial charge in [0.25, 0.3) is 0 Å². The molecule has 1 fully saturated rings. The number of rotatable bonds is 13. The van der Waals surface area contributed by atoms with Gasteiger partial charge in [0.05, 0.1) is 0 Å². The van der Waals surface area contributed by atoms with E-state index in [4.69, 9.17) is 0 Å². The van der Waals surface area contributed by atoms with Gasteiger partial charge in [0, 0.05) is 45.6 Å². The van der Waals surface area contributed by atoms with Crippen molar-refractivity contribution in [1.29, 1.82) is 0 Å². The lowest BCUT2D eigenvalue weighted by molar-refractivity contribution is -0.133. The van der Waals surface area contributed by atoms with Crippen LogP contribution in [0.5, 0.6) is 0 Å². The largest absolute Gasteiger partial charge is 0.356 e. The molecule has 146 valence electrons. The predicted octanol–water partition coefficient (Wildman–Crippen LogP) is 3.19. The molecule has 0 spiro atoms. The van der Waals surface area contributed by atoms with Crippen LogP contribution in [0.15, 0.2) is 0 Å². The van der Waals surface area contributed by atoms with E-state index in [0.29, 0.717) is 19.3 Å². The lowest BCUT2D eigenvalue weighted by Gasteiger charge is -2.34. The minimum absolute atomic E-state index is 0.0918. The van der Waals surface area contributed by atoms with E-state index in [-0.39, 0.29) is 11.8 Å². The van der Waals surface area contributed by atoms with Crippen LogP contribution in [-0.4, -0.2) is 60.9 Å². The van der Waals surface area contributed by atoms with E-state index in [0.717, 1.165) is 45.7 Å². The number of amides is 2.